The van der Waals surface area contributed by atoms with Gasteiger partial charge in [0.15, 0.2) is 0 Å². The van der Waals surface area contributed by atoms with Crippen LogP contribution in [-0.2, 0) is 4.79 Å². The van der Waals surface area contributed by atoms with Gasteiger partial charge in [-0.25, -0.2) is 0 Å². The minimum absolute atomic E-state index is 0.0650. The molecule has 0 N–H and O–H groups in total. The van der Waals surface area contributed by atoms with Crippen molar-refractivity contribution in [3.8, 4) is 0 Å². The van der Waals surface area contributed by atoms with Gasteiger partial charge in [0.2, 0.25) is 5.78 Å². The van der Waals surface area contributed by atoms with E-state index in [0.717, 1.165) is 17.7 Å². The number of benzene rings is 1. The summed E-state index contributed by atoms with van der Waals surface area (Å²) in [5.41, 5.74) is 1.88. The van der Waals surface area contributed by atoms with Crippen LogP contribution in [0.5, 0.6) is 0 Å². The summed E-state index contributed by atoms with van der Waals surface area (Å²) in [6.07, 6.45) is 1.64. The molecule has 0 amide bonds. The van der Waals surface area contributed by atoms with Crippen LogP contribution >= 0.6 is 0 Å². The summed E-state index contributed by atoms with van der Waals surface area (Å²) in [7, 11) is 3.99. The molecule has 5 nitrogen and oxygen atoms in total. The second kappa shape index (κ2) is 4.34. The molecule has 0 aliphatic carbocycles. The van der Waals surface area contributed by atoms with Crippen molar-refractivity contribution in [3.05, 3.63) is 46.0 Å². The fourth-order valence-corrected chi connectivity index (χ4v) is 2.20. The molecule has 0 saturated carbocycles. The molecule has 0 atom stereocenters. The molecule has 0 unspecified atom stereocenters. The highest BCUT2D eigenvalue weighted by Crippen LogP contribution is 2.23. The summed E-state index contributed by atoms with van der Waals surface area (Å²) in [4.78, 5) is 21.8. The smallest absolute Gasteiger partial charge is 0.269 e. The van der Waals surface area contributed by atoms with Crippen LogP contribution in [-0.4, -0.2) is 42.4 Å². The number of nitro benzene ring substituents is 1. The van der Waals surface area contributed by atoms with Crippen LogP contribution in [0.1, 0.15) is 5.56 Å². The molecule has 2 rings (SSSR count). The van der Waals surface area contributed by atoms with E-state index in [2.05, 4.69) is 0 Å². The van der Waals surface area contributed by atoms with Gasteiger partial charge in [-0.2, -0.15) is 0 Å². The number of carbonyl (C=O) groups excluding carboxylic acids is 1. The molecule has 1 aromatic carbocycles. The Morgan fingerprint density at radius 2 is 1.78 bits per heavy atom. The maximum absolute atomic E-state index is 11.6. The van der Waals surface area contributed by atoms with Gasteiger partial charge in [-0.05, 0) is 23.8 Å². The molecule has 1 aliphatic rings. The molecular formula is C13H15N2O3+. The number of quaternary nitrogens is 1. The third kappa shape index (κ3) is 2.62. The molecule has 0 fully saturated rings. The standard InChI is InChI=1S/C13H15N2O3/c1-15(2)8-11(7-13(16)9-15)10-3-5-12(6-4-10)14(17)18/h3-7H,8-9H2,1-2H3/q+1. The number of nitro groups is 1. The van der Waals surface area contributed by atoms with E-state index in [1.807, 2.05) is 14.1 Å². The van der Waals surface area contributed by atoms with Gasteiger partial charge >= 0.3 is 0 Å². The fraction of sp³-hybridized carbons (Fsp3) is 0.308. The Hall–Kier alpha value is -2.01. The molecule has 5 heteroatoms. The third-order valence-corrected chi connectivity index (χ3v) is 2.97. The third-order valence-electron chi connectivity index (χ3n) is 2.97. The first kappa shape index (κ1) is 12.4. The van der Waals surface area contributed by atoms with E-state index in [-0.39, 0.29) is 11.5 Å². The Morgan fingerprint density at radius 3 is 2.28 bits per heavy atom. The molecule has 0 aromatic heterocycles. The normalized spacial score (nSPS) is 18.3. The van der Waals surface area contributed by atoms with Gasteiger partial charge in [0.1, 0.15) is 13.1 Å². The van der Waals surface area contributed by atoms with Crippen LogP contribution in [0.2, 0.25) is 0 Å². The number of ketones is 1. The van der Waals surface area contributed by atoms with E-state index in [4.69, 9.17) is 0 Å². The predicted octanol–water partition coefficient (Wildman–Crippen LogP) is 1.64. The average molecular weight is 247 g/mol. The number of likely N-dealkylation sites (N-methyl/N-ethyl adjacent to an activating group) is 1. The lowest BCUT2D eigenvalue weighted by Gasteiger charge is -2.32. The molecule has 0 bridgehead atoms. The van der Waals surface area contributed by atoms with Crippen LogP contribution in [0, 0.1) is 10.1 Å². The molecule has 1 heterocycles. The van der Waals surface area contributed by atoms with Crippen molar-refractivity contribution in [2.75, 3.05) is 27.2 Å². The average Bonchev–Trinajstić information content (AvgIpc) is 2.26. The van der Waals surface area contributed by atoms with Crippen molar-refractivity contribution < 1.29 is 14.2 Å². The maximum atomic E-state index is 11.6. The lowest BCUT2D eigenvalue weighted by atomic mass is 9.99. The zero-order chi connectivity index (χ0) is 13.3. The Morgan fingerprint density at radius 1 is 1.17 bits per heavy atom. The van der Waals surface area contributed by atoms with Gasteiger partial charge in [0.05, 0.1) is 19.0 Å². The first-order valence-corrected chi connectivity index (χ1v) is 5.68. The van der Waals surface area contributed by atoms with Crippen molar-refractivity contribution in [3.63, 3.8) is 0 Å². The lowest BCUT2D eigenvalue weighted by Crippen LogP contribution is -2.47. The molecule has 94 valence electrons. The molecule has 18 heavy (non-hydrogen) atoms. The van der Waals surface area contributed by atoms with Crippen molar-refractivity contribution in [2.24, 2.45) is 0 Å². The van der Waals surface area contributed by atoms with Gasteiger partial charge in [0.25, 0.3) is 5.69 Å². The van der Waals surface area contributed by atoms with E-state index in [1.165, 1.54) is 12.1 Å². The largest absolute Gasteiger partial charge is 0.318 e. The Labute approximate surface area is 105 Å². The number of nitrogens with zero attached hydrogens (tertiary/aromatic N) is 2. The van der Waals surface area contributed by atoms with E-state index in [1.54, 1.807) is 18.2 Å². The van der Waals surface area contributed by atoms with Crippen LogP contribution in [0.4, 0.5) is 5.69 Å². The highest BCUT2D eigenvalue weighted by atomic mass is 16.6. The SMILES string of the molecule is C[N+]1(C)CC(=O)C=C(c2ccc([N+](=O)[O-])cc2)C1. The van der Waals surface area contributed by atoms with Crippen LogP contribution < -0.4 is 0 Å². The van der Waals surface area contributed by atoms with Crippen LogP contribution in [0.3, 0.4) is 0 Å². The number of carbonyl (C=O) groups is 1. The monoisotopic (exact) mass is 247 g/mol. The first-order chi connectivity index (χ1) is 8.37. The van der Waals surface area contributed by atoms with Crippen LogP contribution in [0.15, 0.2) is 30.3 Å². The van der Waals surface area contributed by atoms with Gasteiger partial charge in [0, 0.05) is 17.7 Å². The molecule has 0 radical (unpaired) electrons. The zero-order valence-corrected chi connectivity index (χ0v) is 10.4. The van der Waals surface area contributed by atoms with E-state index in [9.17, 15) is 14.9 Å². The minimum atomic E-state index is -0.426. The quantitative estimate of drug-likeness (QED) is 0.453. The van der Waals surface area contributed by atoms with Crippen molar-refractivity contribution >= 4 is 17.0 Å². The molecule has 1 aliphatic heterocycles. The number of hydrogen-bond donors (Lipinski definition) is 0. The second-order valence-electron chi connectivity index (χ2n) is 5.19. The van der Waals surface area contributed by atoms with E-state index in [0.29, 0.717) is 11.0 Å². The summed E-state index contributed by atoms with van der Waals surface area (Å²) >= 11 is 0. The summed E-state index contributed by atoms with van der Waals surface area (Å²) in [6.45, 7) is 1.25. The zero-order valence-electron chi connectivity index (χ0n) is 10.4. The maximum Gasteiger partial charge on any atom is 0.269 e. The Balaban J connectivity index is 2.31. The van der Waals surface area contributed by atoms with Gasteiger partial charge < -0.3 is 4.48 Å². The number of non-ortho nitro benzene ring substituents is 1. The Kier molecular flexibility index (Phi) is 3.00. The van der Waals surface area contributed by atoms with Crippen molar-refractivity contribution in [1.29, 1.82) is 0 Å². The highest BCUT2D eigenvalue weighted by molar-refractivity contribution is 5.99. The lowest BCUT2D eigenvalue weighted by molar-refractivity contribution is -0.875. The van der Waals surface area contributed by atoms with Gasteiger partial charge in [-0.3, -0.25) is 14.9 Å². The van der Waals surface area contributed by atoms with Crippen LogP contribution in [0.25, 0.3) is 5.57 Å². The molecule has 0 spiro atoms. The van der Waals surface area contributed by atoms with Crippen molar-refractivity contribution in [1.82, 2.24) is 0 Å². The van der Waals surface area contributed by atoms with E-state index < -0.39 is 4.92 Å². The summed E-state index contributed by atoms with van der Waals surface area (Å²) in [6, 6.07) is 6.33. The second-order valence-corrected chi connectivity index (χ2v) is 5.19. The topological polar surface area (TPSA) is 60.2 Å². The van der Waals surface area contributed by atoms with E-state index >= 15 is 0 Å². The number of hydrogen-bond acceptors (Lipinski definition) is 3. The first-order valence-electron chi connectivity index (χ1n) is 5.68. The summed E-state index contributed by atoms with van der Waals surface area (Å²) in [5.74, 6) is 0.0969. The van der Waals surface area contributed by atoms with Gasteiger partial charge in [-0.1, -0.05) is 0 Å². The number of rotatable bonds is 2. The molecule has 1 aromatic rings. The highest BCUT2D eigenvalue weighted by Gasteiger charge is 2.27. The fourth-order valence-electron chi connectivity index (χ4n) is 2.20. The Bertz CT molecular complexity index is 530. The molecular weight excluding hydrogens is 232 g/mol. The predicted molar refractivity (Wildman–Crippen MR) is 67.9 cm³/mol. The summed E-state index contributed by atoms with van der Waals surface area (Å²) in [5, 5.41) is 10.6. The minimum Gasteiger partial charge on any atom is -0.318 e. The van der Waals surface area contributed by atoms with Gasteiger partial charge in [-0.15, -0.1) is 0 Å². The summed E-state index contributed by atoms with van der Waals surface area (Å²) < 4.78 is 0.613. The van der Waals surface area contributed by atoms with Crippen molar-refractivity contribution in [2.45, 2.75) is 0 Å². The molecule has 0 saturated heterocycles.